The molecule has 2 aromatic carbocycles. The highest BCUT2D eigenvalue weighted by Gasteiger charge is 2.48. The normalized spacial score (nSPS) is 22.4. The van der Waals surface area contributed by atoms with Crippen molar-refractivity contribution >= 4 is 23.5 Å². The Bertz CT molecular complexity index is 1440. The fraction of sp³-hybridized carbons (Fsp3) is 0.583. The van der Waals surface area contributed by atoms with Crippen molar-refractivity contribution in [2.45, 2.75) is 65.0 Å². The van der Waals surface area contributed by atoms with Crippen LogP contribution in [0, 0.1) is 11.3 Å². The molecule has 3 aliphatic heterocycles. The van der Waals surface area contributed by atoms with Crippen molar-refractivity contribution in [2.75, 3.05) is 65.6 Å². The lowest BCUT2D eigenvalue weighted by atomic mass is 9.84. The fourth-order valence-electron chi connectivity index (χ4n) is 7.23. The first kappa shape index (κ1) is 33.7. The van der Waals surface area contributed by atoms with Crippen molar-refractivity contribution in [3.63, 3.8) is 0 Å². The molecule has 46 heavy (non-hydrogen) atoms. The molecule has 2 amide bonds. The van der Waals surface area contributed by atoms with E-state index in [9.17, 15) is 19.5 Å². The summed E-state index contributed by atoms with van der Waals surface area (Å²) >= 11 is 0. The van der Waals surface area contributed by atoms with Gasteiger partial charge in [-0.3, -0.25) is 19.3 Å². The van der Waals surface area contributed by atoms with Crippen molar-refractivity contribution in [3.8, 4) is 11.5 Å². The molecule has 10 heteroatoms. The van der Waals surface area contributed by atoms with Crippen molar-refractivity contribution in [3.05, 3.63) is 53.6 Å². The molecule has 3 heterocycles. The van der Waals surface area contributed by atoms with Gasteiger partial charge in [-0.25, -0.2) is 0 Å². The maximum Gasteiger partial charge on any atom is 0.308 e. The van der Waals surface area contributed by atoms with Gasteiger partial charge >= 0.3 is 5.97 Å². The van der Waals surface area contributed by atoms with Gasteiger partial charge in [0.15, 0.2) is 11.5 Å². The first-order valence-corrected chi connectivity index (χ1v) is 16.6. The van der Waals surface area contributed by atoms with Crippen LogP contribution >= 0.6 is 0 Å². The van der Waals surface area contributed by atoms with Crippen LogP contribution in [-0.4, -0.2) is 104 Å². The maximum atomic E-state index is 14.3. The zero-order chi connectivity index (χ0) is 33.2. The lowest BCUT2D eigenvalue weighted by molar-refractivity contribution is -0.884. The van der Waals surface area contributed by atoms with E-state index in [2.05, 4.69) is 45.1 Å². The van der Waals surface area contributed by atoms with Crippen LogP contribution in [0.1, 0.15) is 63.5 Å². The summed E-state index contributed by atoms with van der Waals surface area (Å²) in [5, 5.41) is 10.7. The molecule has 250 valence electrons. The zero-order valence-corrected chi connectivity index (χ0v) is 28.3. The standard InChI is InChI=1S/C36H50N4O6/c1-7-8-16-39(27-11-9-10-25(19-27)23-40(4,5)6)32(41)22-38-21-28(26-12-13-30-31(20-26)46-24-45-30)33(34(42)43)29(38)14-17-37-18-15-36(2,3)35(37)44/h9-13,19-20,28-29,33H,7-8,14-18,21-24H2,1-6H3/p+1/t28-,29+,33?/m1/s1. The minimum Gasteiger partial charge on any atom is -0.481 e. The van der Waals surface area contributed by atoms with Gasteiger partial charge in [0.25, 0.3) is 0 Å². The quantitative estimate of drug-likeness (QED) is 0.322. The van der Waals surface area contributed by atoms with E-state index in [-0.39, 0.29) is 31.1 Å². The van der Waals surface area contributed by atoms with Gasteiger partial charge < -0.3 is 28.9 Å². The molecule has 5 rings (SSSR count). The van der Waals surface area contributed by atoms with Crippen molar-refractivity contribution in [1.29, 1.82) is 0 Å². The summed E-state index contributed by atoms with van der Waals surface area (Å²) in [6.07, 6.45) is 3.06. The second kappa shape index (κ2) is 13.6. The van der Waals surface area contributed by atoms with Crippen LogP contribution in [0.3, 0.4) is 0 Å². The summed E-state index contributed by atoms with van der Waals surface area (Å²) in [7, 11) is 6.44. The average Bonchev–Trinajstić information content (AvgIpc) is 3.67. The van der Waals surface area contributed by atoms with Crippen LogP contribution in [0.25, 0.3) is 0 Å². The summed E-state index contributed by atoms with van der Waals surface area (Å²) < 4.78 is 11.9. The first-order chi connectivity index (χ1) is 21.8. The van der Waals surface area contributed by atoms with E-state index >= 15 is 0 Å². The topological polar surface area (TPSA) is 99.6 Å². The number of ether oxygens (including phenoxy) is 2. The Morgan fingerprint density at radius 1 is 1.09 bits per heavy atom. The molecule has 2 fully saturated rings. The summed E-state index contributed by atoms with van der Waals surface area (Å²) in [6.45, 7) is 9.23. The SMILES string of the molecule is CCCCN(C(=O)CN1C[C@H](c2ccc3c(c2)OCO3)C(C(=O)O)[C@@H]1CCN1CCC(C)(C)C1=O)c1cccc(C[N+](C)(C)C)c1. The molecular formula is C36H51N4O6+. The number of carboxylic acids is 1. The number of carboxylic acid groups (broad SMARTS) is 1. The lowest BCUT2D eigenvalue weighted by Crippen LogP contribution is -2.46. The molecule has 10 nitrogen and oxygen atoms in total. The number of hydrogen-bond donors (Lipinski definition) is 1. The number of aliphatic carboxylic acids is 1. The van der Waals surface area contributed by atoms with Crippen molar-refractivity contribution in [1.82, 2.24) is 9.80 Å². The average molecular weight is 636 g/mol. The number of nitrogens with zero attached hydrogens (tertiary/aromatic N) is 4. The van der Waals surface area contributed by atoms with Crippen LogP contribution in [-0.2, 0) is 20.9 Å². The van der Waals surface area contributed by atoms with Crippen LogP contribution in [0.4, 0.5) is 5.69 Å². The first-order valence-electron chi connectivity index (χ1n) is 16.6. The Kier molecular flexibility index (Phi) is 9.98. The minimum absolute atomic E-state index is 0.0466. The fourth-order valence-corrected chi connectivity index (χ4v) is 7.23. The van der Waals surface area contributed by atoms with Crippen LogP contribution < -0.4 is 14.4 Å². The molecular weight excluding hydrogens is 584 g/mol. The number of likely N-dealkylation sites (tertiary alicyclic amines) is 2. The Balaban J connectivity index is 1.43. The number of hydrogen-bond acceptors (Lipinski definition) is 6. The second-order valence-corrected chi connectivity index (χ2v) is 14.8. The number of unbranched alkanes of at least 4 members (excludes halogenated alkanes) is 1. The number of quaternary nitrogens is 1. The Morgan fingerprint density at radius 3 is 2.52 bits per heavy atom. The molecule has 0 aromatic heterocycles. The smallest absolute Gasteiger partial charge is 0.308 e. The number of rotatable bonds is 13. The molecule has 1 unspecified atom stereocenters. The van der Waals surface area contributed by atoms with Crippen LogP contribution in [0.5, 0.6) is 11.5 Å². The number of fused-ring (bicyclic) bond motifs is 1. The Morgan fingerprint density at radius 2 is 1.85 bits per heavy atom. The van der Waals surface area contributed by atoms with Gasteiger partial charge in [0.1, 0.15) is 6.54 Å². The van der Waals surface area contributed by atoms with E-state index in [0.717, 1.165) is 47.1 Å². The van der Waals surface area contributed by atoms with Gasteiger partial charge in [0, 0.05) is 54.8 Å². The van der Waals surface area contributed by atoms with Crippen LogP contribution in [0.2, 0.25) is 0 Å². The molecule has 2 aromatic rings. The number of anilines is 1. The van der Waals surface area contributed by atoms with E-state index in [0.29, 0.717) is 44.1 Å². The number of benzene rings is 2. The van der Waals surface area contributed by atoms with Gasteiger partial charge in [-0.15, -0.1) is 0 Å². The third-order valence-electron chi connectivity index (χ3n) is 9.68. The van der Waals surface area contributed by atoms with E-state index in [1.165, 1.54) is 0 Å². The maximum absolute atomic E-state index is 14.3. The molecule has 2 saturated heterocycles. The van der Waals surface area contributed by atoms with Gasteiger partial charge in [0.2, 0.25) is 18.6 Å². The zero-order valence-electron chi connectivity index (χ0n) is 28.3. The van der Waals surface area contributed by atoms with Crippen molar-refractivity contribution < 1.29 is 33.4 Å². The minimum atomic E-state index is -0.897. The Labute approximate surface area is 273 Å². The van der Waals surface area contributed by atoms with Gasteiger partial charge in [-0.05, 0) is 49.1 Å². The summed E-state index contributed by atoms with van der Waals surface area (Å²) in [4.78, 5) is 46.1. The highest BCUT2D eigenvalue weighted by Crippen LogP contribution is 2.43. The monoisotopic (exact) mass is 635 g/mol. The summed E-state index contributed by atoms with van der Waals surface area (Å²) in [5.41, 5.74) is 2.47. The Hall–Kier alpha value is -3.63. The molecule has 3 aliphatic rings. The highest BCUT2D eigenvalue weighted by molar-refractivity contribution is 5.95. The molecule has 1 N–H and O–H groups in total. The second-order valence-electron chi connectivity index (χ2n) is 14.8. The van der Waals surface area contributed by atoms with Crippen LogP contribution in [0.15, 0.2) is 42.5 Å². The third kappa shape index (κ3) is 7.50. The predicted molar refractivity (Wildman–Crippen MR) is 177 cm³/mol. The molecule has 0 spiro atoms. The van der Waals surface area contributed by atoms with Gasteiger partial charge in [0.05, 0.1) is 33.6 Å². The van der Waals surface area contributed by atoms with E-state index in [1.807, 2.05) is 54.0 Å². The highest BCUT2D eigenvalue weighted by atomic mass is 16.7. The molecule has 0 aliphatic carbocycles. The number of carbonyl (C=O) groups is 3. The van der Waals surface area contributed by atoms with E-state index in [1.54, 1.807) is 0 Å². The van der Waals surface area contributed by atoms with Gasteiger partial charge in [-0.2, -0.15) is 0 Å². The number of carbonyl (C=O) groups excluding carboxylic acids is 2. The molecule has 0 radical (unpaired) electrons. The molecule has 0 saturated carbocycles. The number of amides is 2. The van der Waals surface area contributed by atoms with E-state index < -0.39 is 23.3 Å². The largest absolute Gasteiger partial charge is 0.481 e. The molecule has 3 atom stereocenters. The van der Waals surface area contributed by atoms with Crippen molar-refractivity contribution in [2.24, 2.45) is 11.3 Å². The van der Waals surface area contributed by atoms with E-state index in [4.69, 9.17) is 9.47 Å². The summed E-state index contributed by atoms with van der Waals surface area (Å²) in [5.74, 6) is -0.694. The van der Waals surface area contributed by atoms with Gasteiger partial charge in [-0.1, -0.05) is 45.4 Å². The lowest BCUT2D eigenvalue weighted by Gasteiger charge is -2.31. The summed E-state index contributed by atoms with van der Waals surface area (Å²) in [6, 6.07) is 13.4. The third-order valence-corrected chi connectivity index (χ3v) is 9.68. The predicted octanol–water partition coefficient (Wildman–Crippen LogP) is 4.57. The molecule has 0 bridgehead atoms.